The number of quaternary nitrogens is 4. The van der Waals surface area contributed by atoms with E-state index in [1.54, 1.807) is 0 Å². The van der Waals surface area contributed by atoms with Crippen molar-refractivity contribution in [2.75, 3.05) is 26.2 Å². The lowest BCUT2D eigenvalue weighted by Gasteiger charge is -1.95. The minimum Gasteiger partial charge on any atom is -0.870 e. The molecule has 0 aliphatic rings. The largest absolute Gasteiger partial charge is 0.870 e. The van der Waals surface area contributed by atoms with Crippen molar-refractivity contribution in [2.24, 2.45) is 0 Å². The first-order valence-electron chi connectivity index (χ1n) is 16.8. The smallest absolute Gasteiger partial charge is 0.0739 e. The number of hydrogen-bond acceptors (Lipinski definition) is 4. The van der Waals surface area contributed by atoms with Gasteiger partial charge in [0, 0.05) is 0 Å². The summed E-state index contributed by atoms with van der Waals surface area (Å²) < 4.78 is 0. The monoisotopic (exact) mass is 589 g/mol. The maximum Gasteiger partial charge on any atom is 0.0739 e. The second kappa shape index (κ2) is 71.7. The van der Waals surface area contributed by atoms with Gasteiger partial charge in [-0.15, -0.1) is 0 Å². The normalized spacial score (nSPS) is 9.00. The standard InChI is InChI=1S/4C8H19N.4H2O/c4*1-2-3-4-5-6-7-8-9;;;;/h4*2-9H2,1H3;4*1H2. The van der Waals surface area contributed by atoms with Crippen molar-refractivity contribution in [1.82, 2.24) is 0 Å². The third-order valence-corrected chi connectivity index (χ3v) is 6.41. The van der Waals surface area contributed by atoms with Crippen LogP contribution < -0.4 is 22.9 Å². The Bertz CT molecular complexity index is 226. The zero-order valence-electron chi connectivity index (χ0n) is 28.4. The molecule has 0 unspecified atom stereocenters. The number of unbranched alkanes of at least 4 members (excludes halogenated alkanes) is 20. The Balaban J connectivity index is -0.0000000551. The molecular formula is C32H84N4O4. The average Bonchev–Trinajstić information content (AvgIpc) is 2.90. The lowest BCUT2D eigenvalue weighted by Crippen LogP contribution is -2.50. The Hall–Kier alpha value is -0.320. The quantitative estimate of drug-likeness (QED) is 0.105. The van der Waals surface area contributed by atoms with Crippen LogP contribution in [-0.4, -0.2) is 48.1 Å². The zero-order chi connectivity index (χ0) is 27.8. The van der Waals surface area contributed by atoms with Gasteiger partial charge in [-0.1, -0.05) is 130 Å². The first kappa shape index (κ1) is 59.2. The highest BCUT2D eigenvalue weighted by Gasteiger charge is 1.89. The van der Waals surface area contributed by atoms with Crippen LogP contribution in [0.4, 0.5) is 0 Å². The van der Waals surface area contributed by atoms with Crippen LogP contribution in [0.1, 0.15) is 182 Å². The summed E-state index contributed by atoms with van der Waals surface area (Å²) in [5.41, 5.74) is 15.2. The van der Waals surface area contributed by atoms with Crippen LogP contribution in [-0.2, 0) is 0 Å². The van der Waals surface area contributed by atoms with Gasteiger partial charge in [-0.05, 0) is 51.4 Å². The minimum absolute atomic E-state index is 0. The second-order valence-corrected chi connectivity index (χ2v) is 10.5. The molecule has 0 heterocycles. The highest BCUT2D eigenvalue weighted by atomic mass is 16.0. The van der Waals surface area contributed by atoms with Crippen molar-refractivity contribution in [3.05, 3.63) is 0 Å². The summed E-state index contributed by atoms with van der Waals surface area (Å²) in [6, 6.07) is 0. The van der Waals surface area contributed by atoms with Crippen molar-refractivity contribution in [3.8, 4) is 0 Å². The lowest BCUT2D eigenvalue weighted by atomic mass is 10.1. The Morgan fingerprint density at radius 1 is 0.225 bits per heavy atom. The molecule has 0 atom stereocenters. The molecule has 0 aromatic heterocycles. The summed E-state index contributed by atoms with van der Waals surface area (Å²) in [6.45, 7) is 13.5. The molecule has 8 heteroatoms. The van der Waals surface area contributed by atoms with E-state index in [1.165, 1.54) is 154 Å². The van der Waals surface area contributed by atoms with E-state index in [2.05, 4.69) is 50.6 Å². The van der Waals surface area contributed by atoms with Gasteiger partial charge >= 0.3 is 0 Å². The van der Waals surface area contributed by atoms with Crippen LogP contribution in [0, 0.1) is 0 Å². The van der Waals surface area contributed by atoms with Gasteiger partial charge in [0.1, 0.15) is 0 Å². The molecule has 0 aromatic rings. The third kappa shape index (κ3) is 90.4. The molecule has 0 radical (unpaired) electrons. The number of rotatable bonds is 24. The average molecular weight is 589 g/mol. The van der Waals surface area contributed by atoms with E-state index in [4.69, 9.17) is 0 Å². The van der Waals surface area contributed by atoms with Gasteiger partial charge in [0.2, 0.25) is 0 Å². The van der Waals surface area contributed by atoms with E-state index in [-0.39, 0.29) is 21.9 Å². The highest BCUT2D eigenvalue weighted by molar-refractivity contribution is 4.43. The van der Waals surface area contributed by atoms with Gasteiger partial charge < -0.3 is 44.8 Å². The molecule has 0 rings (SSSR count). The Kier molecular flexibility index (Phi) is 106. The van der Waals surface area contributed by atoms with E-state index in [1.807, 2.05) is 0 Å². The lowest BCUT2D eigenvalue weighted by molar-refractivity contribution is -0.368. The fourth-order valence-electron chi connectivity index (χ4n) is 3.83. The van der Waals surface area contributed by atoms with E-state index in [0.717, 1.165) is 26.2 Å². The van der Waals surface area contributed by atoms with Gasteiger partial charge in [-0.25, -0.2) is 0 Å². The Morgan fingerprint density at radius 2 is 0.350 bits per heavy atom. The van der Waals surface area contributed by atoms with Crippen LogP contribution >= 0.6 is 0 Å². The predicted molar refractivity (Wildman–Crippen MR) is 172 cm³/mol. The molecule has 0 aromatic carbocycles. The summed E-state index contributed by atoms with van der Waals surface area (Å²) >= 11 is 0. The molecule has 0 saturated heterocycles. The molecule has 0 fully saturated rings. The van der Waals surface area contributed by atoms with Gasteiger partial charge in [-0.3, -0.25) is 0 Å². The summed E-state index contributed by atoms with van der Waals surface area (Å²) in [7, 11) is 0. The molecule has 0 spiro atoms. The van der Waals surface area contributed by atoms with Crippen LogP contribution in [0.3, 0.4) is 0 Å². The predicted octanol–water partition coefficient (Wildman–Crippen LogP) is 5.65. The van der Waals surface area contributed by atoms with Crippen molar-refractivity contribution in [3.63, 3.8) is 0 Å². The fraction of sp³-hybridized carbons (Fsp3) is 1.00. The van der Waals surface area contributed by atoms with Crippen LogP contribution in [0.2, 0.25) is 0 Å². The summed E-state index contributed by atoms with van der Waals surface area (Å²) in [5.74, 6) is 0. The maximum absolute atomic E-state index is 3.80. The fourth-order valence-corrected chi connectivity index (χ4v) is 3.83. The molecule has 256 valence electrons. The maximum atomic E-state index is 3.80. The minimum atomic E-state index is 0. The third-order valence-electron chi connectivity index (χ3n) is 6.41. The summed E-state index contributed by atoms with van der Waals surface area (Å²) in [6.07, 6.45) is 33.3. The highest BCUT2D eigenvalue weighted by Crippen LogP contribution is 2.05. The van der Waals surface area contributed by atoms with Gasteiger partial charge in [0.15, 0.2) is 0 Å². The van der Waals surface area contributed by atoms with Gasteiger partial charge in [-0.2, -0.15) is 0 Å². The van der Waals surface area contributed by atoms with Crippen molar-refractivity contribution >= 4 is 0 Å². The molecule has 0 saturated carbocycles. The van der Waals surface area contributed by atoms with Crippen molar-refractivity contribution in [2.45, 2.75) is 182 Å². The summed E-state index contributed by atoms with van der Waals surface area (Å²) in [4.78, 5) is 0. The van der Waals surface area contributed by atoms with Gasteiger partial charge in [0.25, 0.3) is 0 Å². The molecule has 40 heavy (non-hydrogen) atoms. The van der Waals surface area contributed by atoms with E-state index < -0.39 is 0 Å². The SMILES string of the molecule is CCCCCCCC[NH3+].CCCCCCCC[NH3+].CCCCCCCC[NH3+].CCCCCCCC[NH3+].[OH-].[OH-].[OH-].[OH-]. The van der Waals surface area contributed by atoms with Crippen molar-refractivity contribution in [1.29, 1.82) is 0 Å². The molecule has 8 nitrogen and oxygen atoms in total. The second-order valence-electron chi connectivity index (χ2n) is 10.5. The number of hydrogen-bond donors (Lipinski definition) is 4. The Labute approximate surface area is 252 Å². The first-order chi connectivity index (χ1) is 17.7. The zero-order valence-corrected chi connectivity index (χ0v) is 28.4. The van der Waals surface area contributed by atoms with Crippen molar-refractivity contribution < 1.29 is 44.8 Å². The molecular weight excluding hydrogens is 504 g/mol. The van der Waals surface area contributed by atoms with E-state index >= 15 is 0 Å². The summed E-state index contributed by atoms with van der Waals surface area (Å²) in [5, 5.41) is 0. The first-order valence-corrected chi connectivity index (χ1v) is 16.8. The van der Waals surface area contributed by atoms with Crippen LogP contribution in [0.5, 0.6) is 0 Å². The molecule has 0 amide bonds. The van der Waals surface area contributed by atoms with E-state index in [9.17, 15) is 0 Å². The molecule has 0 bridgehead atoms. The molecule has 0 aliphatic heterocycles. The Morgan fingerprint density at radius 3 is 0.475 bits per heavy atom. The topological polar surface area (TPSA) is 231 Å². The molecule has 16 N–H and O–H groups in total. The van der Waals surface area contributed by atoms with Gasteiger partial charge in [0.05, 0.1) is 26.2 Å². The van der Waals surface area contributed by atoms with E-state index in [0.29, 0.717) is 0 Å². The van der Waals surface area contributed by atoms with Crippen LogP contribution in [0.25, 0.3) is 0 Å². The molecule has 0 aliphatic carbocycles. The van der Waals surface area contributed by atoms with Crippen LogP contribution in [0.15, 0.2) is 0 Å².